The Morgan fingerprint density at radius 1 is 1.10 bits per heavy atom. The van der Waals surface area contributed by atoms with Gasteiger partial charge in [0.25, 0.3) is 0 Å². The van der Waals surface area contributed by atoms with Crippen molar-refractivity contribution in [1.29, 1.82) is 0 Å². The van der Waals surface area contributed by atoms with Gasteiger partial charge in [0, 0.05) is 25.6 Å². The summed E-state index contributed by atoms with van der Waals surface area (Å²) in [6.45, 7) is 4.34. The molecule has 1 saturated heterocycles. The van der Waals surface area contributed by atoms with E-state index in [0.717, 1.165) is 44.7 Å². The average Bonchev–Trinajstić information content (AvgIpc) is 2.53. The summed E-state index contributed by atoms with van der Waals surface area (Å²) in [5, 5.41) is 9.09. The molecule has 1 amide bonds. The minimum Gasteiger partial charge on any atom is -0.396 e. The first-order chi connectivity index (χ1) is 10.2. The van der Waals surface area contributed by atoms with Gasteiger partial charge < -0.3 is 10.0 Å². The molecule has 2 aliphatic rings. The highest BCUT2D eigenvalue weighted by Crippen LogP contribution is 2.33. The molecule has 1 aliphatic heterocycles. The molecule has 0 aromatic heterocycles. The highest BCUT2D eigenvalue weighted by atomic mass is 16.3. The Bertz CT molecular complexity index is 308. The van der Waals surface area contributed by atoms with Gasteiger partial charge in [-0.05, 0) is 56.8 Å². The van der Waals surface area contributed by atoms with E-state index in [0.29, 0.717) is 11.8 Å². The van der Waals surface area contributed by atoms with Crippen molar-refractivity contribution in [3.05, 3.63) is 0 Å². The lowest BCUT2D eigenvalue weighted by Crippen LogP contribution is -2.44. The predicted molar refractivity (Wildman–Crippen MR) is 86.0 cm³/mol. The van der Waals surface area contributed by atoms with Crippen molar-refractivity contribution in [3.8, 4) is 0 Å². The van der Waals surface area contributed by atoms with Crippen LogP contribution in [0.5, 0.6) is 0 Å². The lowest BCUT2D eigenvalue weighted by Gasteiger charge is -2.37. The number of carbonyl (C=O) groups excluding carboxylic acids is 1. The first-order valence-corrected chi connectivity index (χ1v) is 9.14. The van der Waals surface area contributed by atoms with Crippen LogP contribution < -0.4 is 0 Å². The second kappa shape index (κ2) is 8.77. The summed E-state index contributed by atoms with van der Waals surface area (Å²) in [5.74, 6) is 2.09. The van der Waals surface area contributed by atoms with E-state index in [4.69, 9.17) is 5.11 Å². The Morgan fingerprint density at radius 2 is 1.86 bits per heavy atom. The van der Waals surface area contributed by atoms with Crippen molar-refractivity contribution >= 4 is 5.91 Å². The summed E-state index contributed by atoms with van der Waals surface area (Å²) in [4.78, 5) is 14.8. The molecule has 0 aromatic carbocycles. The SMILES string of the molecule is CCCCC1CCC(C(=O)N2CCCC(CCO)C2)CC1. The van der Waals surface area contributed by atoms with Crippen molar-refractivity contribution in [3.63, 3.8) is 0 Å². The second-order valence-corrected chi connectivity index (χ2v) is 7.16. The van der Waals surface area contributed by atoms with Crippen LogP contribution in [0.1, 0.15) is 71.1 Å². The van der Waals surface area contributed by atoms with Gasteiger partial charge in [-0.2, -0.15) is 0 Å². The zero-order valence-electron chi connectivity index (χ0n) is 13.7. The van der Waals surface area contributed by atoms with Gasteiger partial charge in [-0.25, -0.2) is 0 Å². The van der Waals surface area contributed by atoms with Crippen LogP contribution in [-0.4, -0.2) is 35.6 Å². The van der Waals surface area contributed by atoms with Gasteiger partial charge in [0.1, 0.15) is 0 Å². The Hall–Kier alpha value is -0.570. The van der Waals surface area contributed by atoms with E-state index in [-0.39, 0.29) is 12.5 Å². The Kier molecular flexibility index (Phi) is 7.01. The summed E-state index contributed by atoms with van der Waals surface area (Å²) in [6, 6.07) is 0. The van der Waals surface area contributed by atoms with Crippen LogP contribution in [0.25, 0.3) is 0 Å². The average molecular weight is 295 g/mol. The molecule has 1 atom stereocenters. The number of carbonyl (C=O) groups is 1. The van der Waals surface area contributed by atoms with Crippen molar-refractivity contribution in [2.45, 2.75) is 71.1 Å². The summed E-state index contributed by atoms with van der Waals surface area (Å²) in [6.07, 6.45) is 11.9. The van der Waals surface area contributed by atoms with Crippen molar-refractivity contribution < 1.29 is 9.90 Å². The van der Waals surface area contributed by atoms with Crippen LogP contribution in [-0.2, 0) is 4.79 Å². The molecule has 122 valence electrons. The maximum absolute atomic E-state index is 12.7. The molecule has 1 N–H and O–H groups in total. The highest BCUT2D eigenvalue weighted by Gasteiger charge is 2.31. The molecule has 1 heterocycles. The topological polar surface area (TPSA) is 40.5 Å². The minimum absolute atomic E-state index is 0.259. The largest absolute Gasteiger partial charge is 0.396 e. The van der Waals surface area contributed by atoms with E-state index in [9.17, 15) is 4.79 Å². The van der Waals surface area contributed by atoms with E-state index in [1.54, 1.807) is 0 Å². The number of nitrogens with zero attached hydrogens (tertiary/aromatic N) is 1. The fraction of sp³-hybridized carbons (Fsp3) is 0.944. The minimum atomic E-state index is 0.259. The van der Waals surface area contributed by atoms with Crippen LogP contribution >= 0.6 is 0 Å². The quantitative estimate of drug-likeness (QED) is 0.813. The number of amides is 1. The highest BCUT2D eigenvalue weighted by molar-refractivity contribution is 5.79. The van der Waals surface area contributed by atoms with E-state index in [1.165, 1.54) is 38.5 Å². The van der Waals surface area contributed by atoms with Crippen LogP contribution in [0, 0.1) is 17.8 Å². The molecule has 1 saturated carbocycles. The zero-order chi connectivity index (χ0) is 15.1. The van der Waals surface area contributed by atoms with Crippen molar-refractivity contribution in [2.75, 3.05) is 19.7 Å². The van der Waals surface area contributed by atoms with E-state index < -0.39 is 0 Å². The fourth-order valence-corrected chi connectivity index (χ4v) is 4.13. The number of hydrogen-bond donors (Lipinski definition) is 1. The third-order valence-corrected chi connectivity index (χ3v) is 5.53. The van der Waals surface area contributed by atoms with Gasteiger partial charge in [-0.15, -0.1) is 0 Å². The second-order valence-electron chi connectivity index (χ2n) is 7.16. The summed E-state index contributed by atoms with van der Waals surface area (Å²) >= 11 is 0. The maximum Gasteiger partial charge on any atom is 0.225 e. The molecule has 2 rings (SSSR count). The van der Waals surface area contributed by atoms with E-state index in [1.807, 2.05) is 0 Å². The third-order valence-electron chi connectivity index (χ3n) is 5.53. The van der Waals surface area contributed by atoms with E-state index in [2.05, 4.69) is 11.8 Å². The molecule has 21 heavy (non-hydrogen) atoms. The predicted octanol–water partition coefficient (Wildman–Crippen LogP) is 3.60. The number of likely N-dealkylation sites (tertiary alicyclic amines) is 1. The van der Waals surface area contributed by atoms with Gasteiger partial charge in [0.15, 0.2) is 0 Å². The molecule has 0 radical (unpaired) electrons. The van der Waals surface area contributed by atoms with Crippen molar-refractivity contribution in [2.24, 2.45) is 17.8 Å². The normalized spacial score (nSPS) is 30.4. The Labute approximate surface area is 130 Å². The summed E-state index contributed by atoms with van der Waals surface area (Å²) in [5.41, 5.74) is 0. The van der Waals surface area contributed by atoms with Gasteiger partial charge in [-0.1, -0.05) is 26.2 Å². The Balaban J connectivity index is 1.76. The van der Waals surface area contributed by atoms with E-state index >= 15 is 0 Å². The molecule has 3 nitrogen and oxygen atoms in total. The zero-order valence-corrected chi connectivity index (χ0v) is 13.7. The molecule has 3 heteroatoms. The van der Waals surface area contributed by atoms with Gasteiger partial charge >= 0.3 is 0 Å². The van der Waals surface area contributed by atoms with Crippen LogP contribution in [0.3, 0.4) is 0 Å². The molecule has 1 aliphatic carbocycles. The third kappa shape index (κ3) is 4.98. The number of rotatable bonds is 6. The molecule has 0 aromatic rings. The fourth-order valence-electron chi connectivity index (χ4n) is 4.13. The van der Waals surface area contributed by atoms with Crippen LogP contribution in [0.4, 0.5) is 0 Å². The number of unbranched alkanes of at least 4 members (excludes halogenated alkanes) is 1. The number of aliphatic hydroxyl groups excluding tert-OH is 1. The van der Waals surface area contributed by atoms with Gasteiger partial charge in [0.05, 0.1) is 0 Å². The summed E-state index contributed by atoms with van der Waals surface area (Å²) < 4.78 is 0. The number of hydrogen-bond acceptors (Lipinski definition) is 2. The molecule has 0 bridgehead atoms. The lowest BCUT2D eigenvalue weighted by molar-refractivity contribution is -0.138. The standard InChI is InChI=1S/C18H33NO2/c1-2-3-5-15-7-9-17(10-8-15)18(21)19-12-4-6-16(14-19)11-13-20/h15-17,20H,2-14H2,1H3. The van der Waals surface area contributed by atoms with Crippen LogP contribution in [0.2, 0.25) is 0 Å². The smallest absolute Gasteiger partial charge is 0.225 e. The number of piperidine rings is 1. The van der Waals surface area contributed by atoms with Crippen LogP contribution in [0.15, 0.2) is 0 Å². The van der Waals surface area contributed by atoms with Crippen molar-refractivity contribution in [1.82, 2.24) is 4.90 Å². The molecule has 0 spiro atoms. The molecule has 2 fully saturated rings. The van der Waals surface area contributed by atoms with Gasteiger partial charge in [0.2, 0.25) is 5.91 Å². The monoisotopic (exact) mass is 295 g/mol. The van der Waals surface area contributed by atoms with Gasteiger partial charge in [-0.3, -0.25) is 4.79 Å². The first kappa shape index (κ1) is 16.8. The lowest BCUT2D eigenvalue weighted by atomic mass is 9.79. The first-order valence-electron chi connectivity index (χ1n) is 9.14. The molecular weight excluding hydrogens is 262 g/mol. The molecular formula is C18H33NO2. The maximum atomic E-state index is 12.7. The summed E-state index contributed by atoms with van der Waals surface area (Å²) in [7, 11) is 0. The molecule has 1 unspecified atom stereocenters. The number of aliphatic hydroxyl groups is 1. The Morgan fingerprint density at radius 3 is 2.52 bits per heavy atom.